The number of ether oxygens (including phenoxy) is 3. The molecule has 200 valence electrons. The summed E-state index contributed by atoms with van der Waals surface area (Å²) < 4.78 is 21.5. The zero-order chi connectivity index (χ0) is 26.9. The molecule has 0 atom stereocenters. The van der Waals surface area contributed by atoms with E-state index in [1.54, 1.807) is 12.1 Å². The van der Waals surface area contributed by atoms with Gasteiger partial charge in [-0.25, -0.2) is 9.59 Å². The van der Waals surface area contributed by atoms with Crippen molar-refractivity contribution in [2.75, 3.05) is 19.9 Å². The number of nitrogens with one attached hydrogen (secondary N) is 1. The Balaban J connectivity index is 1.20. The van der Waals surface area contributed by atoms with Crippen LogP contribution >= 0.6 is 0 Å². The van der Waals surface area contributed by atoms with Gasteiger partial charge in [-0.3, -0.25) is 4.79 Å². The number of hydrogen-bond acceptors (Lipinski definition) is 7. The van der Waals surface area contributed by atoms with Crippen molar-refractivity contribution < 1.29 is 28.2 Å². The summed E-state index contributed by atoms with van der Waals surface area (Å²) in [6, 6.07) is 13.0. The molecule has 5 rings (SSSR count). The molecule has 9 heteroatoms. The molecule has 0 aliphatic carbocycles. The molecule has 0 radical (unpaired) electrons. The van der Waals surface area contributed by atoms with Crippen molar-refractivity contribution in [3.8, 4) is 11.5 Å². The van der Waals surface area contributed by atoms with E-state index in [-0.39, 0.29) is 19.1 Å². The summed E-state index contributed by atoms with van der Waals surface area (Å²) in [5, 5.41) is 3.48. The third-order valence-corrected chi connectivity index (χ3v) is 6.77. The Kier molecular flexibility index (Phi) is 7.01. The van der Waals surface area contributed by atoms with E-state index in [1.807, 2.05) is 37.8 Å². The number of alkyl carbamates (subject to hydrolysis) is 1. The average Bonchev–Trinajstić information content (AvgIpc) is 3.33. The molecular formula is C29H32N2O7. The van der Waals surface area contributed by atoms with Crippen LogP contribution in [0.5, 0.6) is 11.5 Å². The van der Waals surface area contributed by atoms with E-state index in [4.69, 9.17) is 18.6 Å². The summed E-state index contributed by atoms with van der Waals surface area (Å²) in [6.07, 6.45) is 1.35. The number of nitrogens with zero attached hydrogens (tertiary/aromatic N) is 1. The number of amides is 2. The number of fused-ring (bicyclic) bond motifs is 2. The van der Waals surface area contributed by atoms with Crippen LogP contribution in [0.2, 0.25) is 0 Å². The van der Waals surface area contributed by atoms with Crippen LogP contribution in [0.1, 0.15) is 56.2 Å². The lowest BCUT2D eigenvalue weighted by molar-refractivity contribution is -0.131. The van der Waals surface area contributed by atoms with Crippen molar-refractivity contribution in [1.82, 2.24) is 10.2 Å². The number of carbonyl (C=O) groups is 2. The number of rotatable bonds is 5. The van der Waals surface area contributed by atoms with E-state index >= 15 is 0 Å². The van der Waals surface area contributed by atoms with Crippen LogP contribution in [-0.4, -0.2) is 42.4 Å². The first-order valence-electron chi connectivity index (χ1n) is 12.8. The highest BCUT2D eigenvalue weighted by Crippen LogP contribution is 2.37. The molecule has 0 saturated carbocycles. The highest BCUT2D eigenvalue weighted by molar-refractivity contribution is 5.89. The van der Waals surface area contributed by atoms with Gasteiger partial charge < -0.3 is 28.8 Å². The molecule has 2 aliphatic heterocycles. The van der Waals surface area contributed by atoms with Gasteiger partial charge in [-0.1, -0.05) is 24.3 Å². The molecule has 1 fully saturated rings. The quantitative estimate of drug-likeness (QED) is 0.494. The molecule has 9 nitrogen and oxygen atoms in total. The topological polar surface area (TPSA) is 107 Å². The molecule has 0 spiro atoms. The molecule has 2 amide bonds. The Morgan fingerprint density at radius 3 is 2.53 bits per heavy atom. The summed E-state index contributed by atoms with van der Waals surface area (Å²) in [5.41, 5.74) is 2.15. The maximum absolute atomic E-state index is 13.2. The van der Waals surface area contributed by atoms with Crippen LogP contribution in [0.4, 0.5) is 4.79 Å². The predicted molar refractivity (Wildman–Crippen MR) is 140 cm³/mol. The Labute approximate surface area is 220 Å². The summed E-state index contributed by atoms with van der Waals surface area (Å²) in [6.45, 7) is 7.27. The van der Waals surface area contributed by atoms with Gasteiger partial charge in [-0.2, -0.15) is 0 Å². The lowest BCUT2D eigenvalue weighted by Crippen LogP contribution is -2.39. The second-order valence-corrected chi connectivity index (χ2v) is 10.7. The van der Waals surface area contributed by atoms with Crippen molar-refractivity contribution in [3.63, 3.8) is 0 Å². The highest BCUT2D eigenvalue weighted by atomic mass is 16.7. The van der Waals surface area contributed by atoms with E-state index in [2.05, 4.69) is 17.4 Å². The zero-order valence-electron chi connectivity index (χ0n) is 21.9. The fourth-order valence-corrected chi connectivity index (χ4v) is 4.95. The first-order chi connectivity index (χ1) is 18.1. The molecule has 1 aromatic heterocycles. The van der Waals surface area contributed by atoms with E-state index in [9.17, 15) is 14.4 Å². The number of hydrogen-bond donors (Lipinski definition) is 1. The SMILES string of the molecule is CC(C)(C)OC(=O)NCc1cccc(C2CCN(C(=O)Cc3cc(=O)oc4cc5c(cc34)OCO5)CC2)c1. The van der Waals surface area contributed by atoms with E-state index in [0.29, 0.717) is 53.6 Å². The Morgan fingerprint density at radius 2 is 1.79 bits per heavy atom. The second kappa shape index (κ2) is 10.4. The first kappa shape index (κ1) is 25.6. The molecule has 0 unspecified atom stereocenters. The third kappa shape index (κ3) is 5.93. The largest absolute Gasteiger partial charge is 0.454 e. The standard InChI is InChI=1S/C29H32N2O7/c1-29(2,3)38-28(34)30-16-18-5-4-6-20(11-18)19-7-9-31(10-8-19)26(32)12-21-13-27(33)37-23-15-25-24(14-22(21)23)35-17-36-25/h4-6,11,13-15,19H,7-10,12,16-17H2,1-3H3,(H,30,34). The minimum Gasteiger partial charge on any atom is -0.454 e. The smallest absolute Gasteiger partial charge is 0.407 e. The monoisotopic (exact) mass is 520 g/mol. The summed E-state index contributed by atoms with van der Waals surface area (Å²) in [7, 11) is 0. The van der Waals surface area contributed by atoms with Crippen LogP contribution in [0.3, 0.4) is 0 Å². The van der Waals surface area contributed by atoms with Crippen LogP contribution in [0.25, 0.3) is 11.0 Å². The van der Waals surface area contributed by atoms with Gasteiger partial charge in [0.1, 0.15) is 11.2 Å². The van der Waals surface area contributed by atoms with Crippen LogP contribution in [0.15, 0.2) is 51.7 Å². The normalized spacial score (nSPS) is 15.5. The fraction of sp³-hybridized carbons (Fsp3) is 0.414. The molecule has 2 aliphatic rings. The summed E-state index contributed by atoms with van der Waals surface area (Å²) in [5.74, 6) is 1.40. The van der Waals surface area contributed by atoms with Gasteiger partial charge in [0.05, 0.1) is 6.42 Å². The average molecular weight is 521 g/mol. The molecule has 38 heavy (non-hydrogen) atoms. The fourth-order valence-electron chi connectivity index (χ4n) is 4.95. The van der Waals surface area contributed by atoms with Crippen LogP contribution in [-0.2, 0) is 22.5 Å². The first-order valence-corrected chi connectivity index (χ1v) is 12.8. The maximum atomic E-state index is 13.2. The van der Waals surface area contributed by atoms with Gasteiger partial charge in [0.15, 0.2) is 11.5 Å². The summed E-state index contributed by atoms with van der Waals surface area (Å²) >= 11 is 0. The number of likely N-dealkylation sites (tertiary alicyclic amines) is 1. The second-order valence-electron chi connectivity index (χ2n) is 10.7. The molecule has 3 aromatic rings. The van der Waals surface area contributed by atoms with Gasteiger partial charge in [-0.05, 0) is 62.3 Å². The Hall–Kier alpha value is -4.01. The van der Waals surface area contributed by atoms with Crippen LogP contribution in [0, 0.1) is 0 Å². The van der Waals surface area contributed by atoms with Crippen molar-refractivity contribution in [2.24, 2.45) is 0 Å². The third-order valence-electron chi connectivity index (χ3n) is 6.77. The number of piperidine rings is 1. The minimum absolute atomic E-state index is 0.0247. The van der Waals surface area contributed by atoms with Gasteiger partial charge in [0.25, 0.3) is 0 Å². The molecule has 3 heterocycles. The Morgan fingerprint density at radius 1 is 1.05 bits per heavy atom. The number of benzene rings is 2. The minimum atomic E-state index is -0.541. The predicted octanol–water partition coefficient (Wildman–Crippen LogP) is 4.50. The molecule has 2 aromatic carbocycles. The van der Waals surface area contributed by atoms with Gasteiger partial charge in [-0.15, -0.1) is 0 Å². The Bertz CT molecular complexity index is 1410. The number of carbonyl (C=O) groups excluding carboxylic acids is 2. The van der Waals surface area contributed by atoms with Gasteiger partial charge in [0.2, 0.25) is 12.7 Å². The van der Waals surface area contributed by atoms with Crippen molar-refractivity contribution in [3.05, 3.63) is 69.6 Å². The van der Waals surface area contributed by atoms with Crippen molar-refractivity contribution in [1.29, 1.82) is 0 Å². The highest BCUT2D eigenvalue weighted by Gasteiger charge is 2.26. The lowest BCUT2D eigenvalue weighted by Gasteiger charge is -2.32. The van der Waals surface area contributed by atoms with E-state index < -0.39 is 17.3 Å². The molecule has 1 saturated heterocycles. The van der Waals surface area contributed by atoms with E-state index in [1.165, 1.54) is 11.6 Å². The molecular weight excluding hydrogens is 488 g/mol. The van der Waals surface area contributed by atoms with Crippen molar-refractivity contribution >= 4 is 23.0 Å². The lowest BCUT2D eigenvalue weighted by atomic mass is 9.88. The summed E-state index contributed by atoms with van der Waals surface area (Å²) in [4.78, 5) is 39.2. The van der Waals surface area contributed by atoms with Gasteiger partial charge in [0, 0.05) is 37.2 Å². The van der Waals surface area contributed by atoms with E-state index in [0.717, 1.165) is 18.4 Å². The van der Waals surface area contributed by atoms with Crippen molar-refractivity contribution in [2.45, 2.75) is 58.1 Å². The zero-order valence-corrected chi connectivity index (χ0v) is 21.9. The molecule has 1 N–H and O–H groups in total. The molecule has 0 bridgehead atoms. The maximum Gasteiger partial charge on any atom is 0.407 e. The van der Waals surface area contributed by atoms with Gasteiger partial charge >= 0.3 is 11.7 Å². The van der Waals surface area contributed by atoms with Crippen LogP contribution < -0.4 is 20.4 Å².